The van der Waals surface area contributed by atoms with Gasteiger partial charge < -0.3 is 10.5 Å². The van der Waals surface area contributed by atoms with E-state index in [4.69, 9.17) is 5.26 Å². The SMILES string of the molecule is Cc1cc(SC#N)ccc1NC(=O)CSc1cccc[n+]1[O-]. The highest BCUT2D eigenvalue weighted by molar-refractivity contribution is 8.03. The number of amides is 1. The summed E-state index contributed by atoms with van der Waals surface area (Å²) < 4.78 is 0.733. The summed E-state index contributed by atoms with van der Waals surface area (Å²) in [6.45, 7) is 1.87. The Morgan fingerprint density at radius 2 is 2.23 bits per heavy atom. The minimum atomic E-state index is -0.183. The summed E-state index contributed by atoms with van der Waals surface area (Å²) in [6, 6.07) is 10.5. The van der Waals surface area contributed by atoms with Crippen molar-refractivity contribution in [3.8, 4) is 5.40 Å². The zero-order valence-electron chi connectivity index (χ0n) is 11.8. The van der Waals surface area contributed by atoms with Gasteiger partial charge >= 0.3 is 0 Å². The van der Waals surface area contributed by atoms with E-state index in [1.807, 2.05) is 18.4 Å². The number of nitrogens with zero attached hydrogens (tertiary/aromatic N) is 2. The van der Waals surface area contributed by atoms with Crippen molar-refractivity contribution < 1.29 is 9.52 Å². The van der Waals surface area contributed by atoms with Crippen LogP contribution in [0.25, 0.3) is 0 Å². The Hall–Kier alpha value is -2.17. The van der Waals surface area contributed by atoms with Crippen molar-refractivity contribution in [1.29, 1.82) is 5.26 Å². The number of aryl methyl sites for hydroxylation is 1. The maximum atomic E-state index is 12.0. The van der Waals surface area contributed by atoms with Crippen molar-refractivity contribution in [2.24, 2.45) is 0 Å². The fraction of sp³-hybridized carbons (Fsp3) is 0.133. The molecule has 0 atom stereocenters. The molecule has 0 aliphatic heterocycles. The Bertz CT molecular complexity index is 729. The van der Waals surface area contributed by atoms with Crippen LogP contribution in [0.4, 0.5) is 5.69 Å². The van der Waals surface area contributed by atoms with Gasteiger partial charge in [0.25, 0.3) is 5.03 Å². The van der Waals surface area contributed by atoms with E-state index in [1.165, 1.54) is 18.0 Å². The highest BCUT2D eigenvalue weighted by Gasteiger charge is 2.10. The van der Waals surface area contributed by atoms with Gasteiger partial charge in [0.2, 0.25) is 5.91 Å². The summed E-state index contributed by atoms with van der Waals surface area (Å²) in [6.07, 6.45) is 1.40. The summed E-state index contributed by atoms with van der Waals surface area (Å²) in [7, 11) is 0. The van der Waals surface area contributed by atoms with E-state index in [0.29, 0.717) is 10.7 Å². The maximum absolute atomic E-state index is 12.0. The largest absolute Gasteiger partial charge is 0.618 e. The number of carbonyl (C=O) groups excluding carboxylic acids is 1. The van der Waals surface area contributed by atoms with Crippen LogP contribution in [0.5, 0.6) is 0 Å². The third-order valence-electron chi connectivity index (χ3n) is 2.78. The van der Waals surface area contributed by atoms with Gasteiger partial charge in [-0.2, -0.15) is 9.99 Å². The number of nitriles is 1. The molecule has 5 nitrogen and oxygen atoms in total. The Morgan fingerprint density at radius 1 is 1.41 bits per heavy atom. The molecule has 2 rings (SSSR count). The van der Waals surface area contributed by atoms with Crippen LogP contribution in [0, 0.1) is 22.8 Å². The molecule has 0 spiro atoms. The predicted molar refractivity (Wildman–Crippen MR) is 87.4 cm³/mol. The average molecular weight is 331 g/mol. The molecule has 1 heterocycles. The molecule has 0 aliphatic carbocycles. The van der Waals surface area contributed by atoms with Crippen molar-refractivity contribution in [1.82, 2.24) is 0 Å². The molecule has 22 heavy (non-hydrogen) atoms. The van der Waals surface area contributed by atoms with E-state index >= 15 is 0 Å². The topological polar surface area (TPSA) is 79.8 Å². The summed E-state index contributed by atoms with van der Waals surface area (Å²) in [5, 5.41) is 25.4. The summed E-state index contributed by atoms with van der Waals surface area (Å²) in [5.74, 6) is -0.0296. The normalized spacial score (nSPS) is 10.0. The Labute approximate surface area is 136 Å². The van der Waals surface area contributed by atoms with E-state index < -0.39 is 0 Å². The number of nitrogens with one attached hydrogen (secondary N) is 1. The number of hydrogen-bond donors (Lipinski definition) is 1. The van der Waals surface area contributed by atoms with Crippen LogP contribution in [-0.4, -0.2) is 11.7 Å². The van der Waals surface area contributed by atoms with E-state index in [2.05, 4.69) is 5.32 Å². The first-order valence-electron chi connectivity index (χ1n) is 6.37. The number of rotatable bonds is 5. The van der Waals surface area contributed by atoms with Gasteiger partial charge in [0.1, 0.15) is 5.40 Å². The van der Waals surface area contributed by atoms with Gasteiger partial charge in [-0.25, -0.2) is 0 Å². The van der Waals surface area contributed by atoms with E-state index in [0.717, 1.165) is 27.0 Å². The molecular formula is C15H13N3O2S2. The molecule has 0 saturated carbocycles. The van der Waals surface area contributed by atoms with Crippen LogP contribution in [0.15, 0.2) is 52.5 Å². The zero-order valence-corrected chi connectivity index (χ0v) is 13.4. The van der Waals surface area contributed by atoms with E-state index in [9.17, 15) is 10.0 Å². The molecule has 1 N–H and O–H groups in total. The van der Waals surface area contributed by atoms with Crippen molar-refractivity contribution in [2.75, 3.05) is 11.1 Å². The van der Waals surface area contributed by atoms with E-state index in [-0.39, 0.29) is 11.7 Å². The zero-order chi connectivity index (χ0) is 15.9. The fourth-order valence-electron chi connectivity index (χ4n) is 1.74. The molecule has 7 heteroatoms. The first kappa shape index (κ1) is 16.2. The van der Waals surface area contributed by atoms with Gasteiger partial charge in [-0.15, -0.1) is 0 Å². The van der Waals surface area contributed by atoms with Crippen LogP contribution in [0.3, 0.4) is 0 Å². The average Bonchev–Trinajstić information content (AvgIpc) is 2.49. The summed E-state index contributed by atoms with van der Waals surface area (Å²) >= 11 is 2.26. The first-order chi connectivity index (χ1) is 10.6. The highest BCUT2D eigenvalue weighted by atomic mass is 32.2. The lowest BCUT2D eigenvalue weighted by atomic mass is 10.2. The van der Waals surface area contributed by atoms with Crippen molar-refractivity contribution >= 4 is 35.1 Å². The lowest BCUT2D eigenvalue weighted by Crippen LogP contribution is -2.28. The second-order valence-electron chi connectivity index (χ2n) is 4.37. The van der Waals surface area contributed by atoms with Gasteiger partial charge in [0, 0.05) is 22.7 Å². The standard InChI is InChI=1S/C15H13N3O2S2/c1-11-8-12(22-10-16)5-6-13(11)17-14(19)9-21-15-4-2-3-7-18(15)20/h2-8H,9H2,1H3,(H,17,19). The Balaban J connectivity index is 1.95. The summed E-state index contributed by atoms with van der Waals surface area (Å²) in [5.41, 5.74) is 1.59. The number of thiocyanates is 1. The molecule has 0 unspecified atom stereocenters. The molecule has 0 radical (unpaired) electrons. The molecule has 0 saturated heterocycles. The lowest BCUT2D eigenvalue weighted by Gasteiger charge is -2.09. The number of aromatic nitrogens is 1. The molecule has 0 aliphatic rings. The smallest absolute Gasteiger partial charge is 0.251 e. The van der Waals surface area contributed by atoms with Gasteiger partial charge in [-0.3, -0.25) is 4.79 Å². The third kappa shape index (κ3) is 4.41. The molecule has 1 aromatic heterocycles. The van der Waals surface area contributed by atoms with Crippen molar-refractivity contribution in [3.05, 3.63) is 53.4 Å². The Kier molecular flexibility index (Phi) is 5.69. The van der Waals surface area contributed by atoms with Crippen molar-refractivity contribution in [2.45, 2.75) is 16.8 Å². The minimum Gasteiger partial charge on any atom is -0.618 e. The monoisotopic (exact) mass is 331 g/mol. The fourth-order valence-corrected chi connectivity index (χ4v) is 2.93. The molecule has 2 aromatic rings. The third-order valence-corrected chi connectivity index (χ3v) is 4.37. The highest BCUT2D eigenvalue weighted by Crippen LogP contribution is 2.23. The molecule has 1 aromatic carbocycles. The second kappa shape index (κ2) is 7.73. The number of hydrogen-bond acceptors (Lipinski definition) is 5. The minimum absolute atomic E-state index is 0.153. The van der Waals surface area contributed by atoms with Crippen LogP contribution in [0.1, 0.15) is 5.56 Å². The number of carbonyl (C=O) groups is 1. The van der Waals surface area contributed by atoms with Gasteiger partial charge in [-0.05, 0) is 60.3 Å². The van der Waals surface area contributed by atoms with Crippen LogP contribution < -0.4 is 10.0 Å². The van der Waals surface area contributed by atoms with Gasteiger partial charge in [-0.1, -0.05) is 0 Å². The number of pyridine rings is 1. The first-order valence-corrected chi connectivity index (χ1v) is 8.18. The number of anilines is 1. The van der Waals surface area contributed by atoms with Crippen LogP contribution in [0.2, 0.25) is 0 Å². The number of thioether (sulfide) groups is 2. The van der Waals surface area contributed by atoms with Crippen molar-refractivity contribution in [3.63, 3.8) is 0 Å². The van der Waals surface area contributed by atoms with E-state index in [1.54, 1.807) is 30.3 Å². The Morgan fingerprint density at radius 3 is 2.91 bits per heavy atom. The summed E-state index contributed by atoms with van der Waals surface area (Å²) in [4.78, 5) is 12.8. The quantitative estimate of drug-likeness (QED) is 0.394. The molecule has 0 fully saturated rings. The van der Waals surface area contributed by atoms with Gasteiger partial charge in [0.05, 0.1) is 5.75 Å². The van der Waals surface area contributed by atoms with Gasteiger partial charge in [0.15, 0.2) is 6.20 Å². The maximum Gasteiger partial charge on any atom is 0.251 e. The van der Waals surface area contributed by atoms with Crippen LogP contribution in [-0.2, 0) is 4.79 Å². The number of benzene rings is 1. The molecule has 1 amide bonds. The molecular weight excluding hydrogens is 318 g/mol. The van der Waals surface area contributed by atoms with Crippen LogP contribution >= 0.6 is 23.5 Å². The molecule has 112 valence electrons. The predicted octanol–water partition coefficient (Wildman–Crippen LogP) is 2.93. The molecule has 0 bridgehead atoms. The lowest BCUT2D eigenvalue weighted by molar-refractivity contribution is -0.645. The second-order valence-corrected chi connectivity index (χ2v) is 6.23.